The Labute approximate surface area is 194 Å². The van der Waals surface area contributed by atoms with E-state index in [1.807, 2.05) is 66.7 Å². The van der Waals surface area contributed by atoms with Gasteiger partial charge in [-0.1, -0.05) is 48.5 Å². The third-order valence-electron chi connectivity index (χ3n) is 5.12. The summed E-state index contributed by atoms with van der Waals surface area (Å²) in [4.78, 5) is 4.76. The summed E-state index contributed by atoms with van der Waals surface area (Å²) in [5.41, 5.74) is 3.15. The highest BCUT2D eigenvalue weighted by Gasteiger charge is 2.25. The topological polar surface area (TPSA) is 59.0 Å². The van der Waals surface area contributed by atoms with Crippen molar-refractivity contribution >= 4 is 27.6 Å². The molecule has 4 aromatic rings. The standard InChI is InChI=1S/C27H24N2O3S/c1-32-26-18-12-22(13-19-26)20-28-24-14-16-25(17-15-24)29(21-23-8-4-2-5-9-23)33(30,31)27-10-6-3-7-11-27/h2-20H,21H2,1H3. The third kappa shape index (κ3) is 5.48. The fraction of sp³-hybridized carbons (Fsp3) is 0.0741. The van der Waals surface area contributed by atoms with Gasteiger partial charge in [-0.2, -0.15) is 0 Å². The lowest BCUT2D eigenvalue weighted by Crippen LogP contribution is -2.30. The monoisotopic (exact) mass is 456 g/mol. The van der Waals surface area contributed by atoms with Crippen LogP contribution in [0.5, 0.6) is 5.75 Å². The van der Waals surface area contributed by atoms with Gasteiger partial charge in [-0.25, -0.2) is 8.42 Å². The molecule has 0 saturated heterocycles. The minimum absolute atomic E-state index is 0.229. The smallest absolute Gasteiger partial charge is 0.264 e. The number of benzene rings is 4. The van der Waals surface area contributed by atoms with Gasteiger partial charge >= 0.3 is 0 Å². The van der Waals surface area contributed by atoms with Crippen molar-refractivity contribution < 1.29 is 13.2 Å². The van der Waals surface area contributed by atoms with Crippen LogP contribution in [0.2, 0.25) is 0 Å². The molecule has 6 heteroatoms. The SMILES string of the molecule is COc1ccc(C=Nc2ccc(N(Cc3ccccc3)S(=O)(=O)c3ccccc3)cc2)cc1. The third-order valence-corrected chi connectivity index (χ3v) is 6.90. The molecule has 0 atom stereocenters. The summed E-state index contributed by atoms with van der Waals surface area (Å²) in [6.07, 6.45) is 1.76. The number of nitrogens with zero attached hydrogens (tertiary/aromatic N) is 2. The van der Waals surface area contributed by atoms with E-state index in [1.54, 1.807) is 55.8 Å². The minimum Gasteiger partial charge on any atom is -0.497 e. The number of hydrogen-bond acceptors (Lipinski definition) is 4. The van der Waals surface area contributed by atoms with Crippen molar-refractivity contribution in [2.24, 2.45) is 4.99 Å². The lowest BCUT2D eigenvalue weighted by Gasteiger charge is -2.25. The van der Waals surface area contributed by atoms with E-state index in [0.29, 0.717) is 5.69 Å². The Balaban J connectivity index is 1.62. The molecule has 0 aromatic heterocycles. The number of sulfonamides is 1. The van der Waals surface area contributed by atoms with E-state index < -0.39 is 10.0 Å². The van der Waals surface area contributed by atoms with Gasteiger partial charge in [0.2, 0.25) is 0 Å². The van der Waals surface area contributed by atoms with Gasteiger partial charge in [0.1, 0.15) is 5.75 Å². The molecular formula is C27H24N2O3S. The molecule has 0 radical (unpaired) electrons. The van der Waals surface area contributed by atoms with Crippen LogP contribution < -0.4 is 9.04 Å². The van der Waals surface area contributed by atoms with Gasteiger partial charge < -0.3 is 4.74 Å². The summed E-state index contributed by atoms with van der Waals surface area (Å²) < 4.78 is 33.5. The molecule has 0 saturated carbocycles. The van der Waals surface area contributed by atoms with Crippen molar-refractivity contribution in [2.45, 2.75) is 11.4 Å². The highest BCUT2D eigenvalue weighted by Crippen LogP contribution is 2.28. The first kappa shape index (κ1) is 22.3. The molecule has 0 bridgehead atoms. The summed E-state index contributed by atoms with van der Waals surface area (Å²) in [5.74, 6) is 0.787. The Kier molecular flexibility index (Phi) is 6.86. The fourth-order valence-corrected chi connectivity index (χ4v) is 4.80. The second-order valence-electron chi connectivity index (χ2n) is 7.36. The summed E-state index contributed by atoms with van der Waals surface area (Å²) in [6, 6.07) is 32.8. The molecule has 0 heterocycles. The van der Waals surface area contributed by atoms with Crippen LogP contribution in [0.15, 0.2) is 119 Å². The minimum atomic E-state index is -3.74. The molecule has 0 amide bonds. The number of anilines is 1. The first-order valence-corrected chi connectivity index (χ1v) is 11.9. The molecular weight excluding hydrogens is 432 g/mol. The van der Waals surface area contributed by atoms with Gasteiger partial charge in [0, 0.05) is 6.21 Å². The van der Waals surface area contributed by atoms with Gasteiger partial charge in [0.05, 0.1) is 29.9 Å². The number of methoxy groups -OCH3 is 1. The molecule has 0 fully saturated rings. The van der Waals surface area contributed by atoms with Crippen molar-refractivity contribution in [3.8, 4) is 5.75 Å². The lowest BCUT2D eigenvalue weighted by atomic mass is 10.2. The maximum atomic E-state index is 13.5. The van der Waals surface area contributed by atoms with Crippen LogP contribution >= 0.6 is 0 Å². The van der Waals surface area contributed by atoms with Crippen LogP contribution in [0, 0.1) is 0 Å². The number of ether oxygens (including phenoxy) is 1. The number of hydrogen-bond donors (Lipinski definition) is 0. The van der Waals surface area contributed by atoms with E-state index in [4.69, 9.17) is 4.74 Å². The maximum Gasteiger partial charge on any atom is 0.264 e. The van der Waals surface area contributed by atoms with Crippen LogP contribution in [0.3, 0.4) is 0 Å². The van der Waals surface area contributed by atoms with Crippen molar-refractivity contribution in [2.75, 3.05) is 11.4 Å². The average molecular weight is 457 g/mol. The normalized spacial score (nSPS) is 11.4. The molecule has 0 N–H and O–H groups in total. The van der Waals surface area contributed by atoms with Crippen LogP contribution in [-0.4, -0.2) is 21.7 Å². The molecule has 166 valence electrons. The van der Waals surface area contributed by atoms with Crippen LogP contribution in [0.4, 0.5) is 11.4 Å². The van der Waals surface area contributed by atoms with Crippen molar-refractivity contribution in [1.29, 1.82) is 0 Å². The van der Waals surface area contributed by atoms with E-state index >= 15 is 0 Å². The molecule has 4 aromatic carbocycles. The predicted molar refractivity (Wildman–Crippen MR) is 133 cm³/mol. The Hall–Kier alpha value is -3.90. The maximum absolute atomic E-state index is 13.5. The largest absolute Gasteiger partial charge is 0.497 e. The van der Waals surface area contributed by atoms with Gasteiger partial charge in [0.25, 0.3) is 10.0 Å². The van der Waals surface area contributed by atoms with Crippen LogP contribution in [0.25, 0.3) is 0 Å². The van der Waals surface area contributed by atoms with Crippen LogP contribution in [-0.2, 0) is 16.6 Å². The van der Waals surface area contributed by atoms with Gasteiger partial charge in [0.15, 0.2) is 0 Å². The quantitative estimate of drug-likeness (QED) is 0.313. The molecule has 0 aliphatic carbocycles. The van der Waals surface area contributed by atoms with Crippen molar-refractivity contribution in [3.63, 3.8) is 0 Å². The van der Waals surface area contributed by atoms with Gasteiger partial charge in [-0.05, 0) is 71.8 Å². The molecule has 0 spiro atoms. The van der Waals surface area contributed by atoms with E-state index in [1.165, 1.54) is 4.31 Å². The zero-order valence-electron chi connectivity index (χ0n) is 18.2. The average Bonchev–Trinajstić information content (AvgIpc) is 2.88. The predicted octanol–water partition coefficient (Wildman–Crippen LogP) is 5.84. The first-order valence-electron chi connectivity index (χ1n) is 10.5. The molecule has 0 aliphatic heterocycles. The molecule has 0 unspecified atom stereocenters. The van der Waals surface area contributed by atoms with E-state index in [9.17, 15) is 8.42 Å². The summed E-state index contributed by atoms with van der Waals surface area (Å²) in [7, 11) is -2.12. The summed E-state index contributed by atoms with van der Waals surface area (Å²) in [6.45, 7) is 0.229. The Morgan fingerprint density at radius 3 is 2.00 bits per heavy atom. The van der Waals surface area contributed by atoms with Crippen LogP contribution in [0.1, 0.15) is 11.1 Å². The van der Waals surface area contributed by atoms with Crippen molar-refractivity contribution in [1.82, 2.24) is 0 Å². The van der Waals surface area contributed by atoms with E-state index in [2.05, 4.69) is 4.99 Å². The second kappa shape index (κ2) is 10.1. The second-order valence-corrected chi connectivity index (χ2v) is 9.22. The summed E-state index contributed by atoms with van der Waals surface area (Å²) >= 11 is 0. The zero-order valence-corrected chi connectivity index (χ0v) is 19.0. The molecule has 33 heavy (non-hydrogen) atoms. The number of aliphatic imine (C=N–C) groups is 1. The molecule has 4 rings (SSSR count). The first-order chi connectivity index (χ1) is 16.1. The Morgan fingerprint density at radius 1 is 0.788 bits per heavy atom. The van der Waals surface area contributed by atoms with E-state index in [0.717, 1.165) is 22.6 Å². The fourth-order valence-electron chi connectivity index (χ4n) is 3.33. The molecule has 5 nitrogen and oxygen atoms in total. The van der Waals surface area contributed by atoms with E-state index in [-0.39, 0.29) is 11.4 Å². The summed E-state index contributed by atoms with van der Waals surface area (Å²) in [5, 5.41) is 0. The van der Waals surface area contributed by atoms with Gasteiger partial charge in [-0.3, -0.25) is 9.30 Å². The zero-order chi connectivity index (χ0) is 23.1. The molecule has 0 aliphatic rings. The van der Waals surface area contributed by atoms with Crippen molar-refractivity contribution in [3.05, 3.63) is 120 Å². The Bertz CT molecular complexity index is 1300. The van der Waals surface area contributed by atoms with Gasteiger partial charge in [-0.15, -0.1) is 0 Å². The number of rotatable bonds is 8. The highest BCUT2D eigenvalue weighted by molar-refractivity contribution is 7.92. The Morgan fingerprint density at radius 2 is 1.39 bits per heavy atom. The highest BCUT2D eigenvalue weighted by atomic mass is 32.2. The lowest BCUT2D eigenvalue weighted by molar-refractivity contribution is 0.415.